The molecule has 0 fully saturated rings. The van der Waals surface area contributed by atoms with E-state index < -0.39 is 0 Å². The molecule has 1 heterocycles. The Bertz CT molecular complexity index is 3600. The fraction of sp³-hybridized carbons (Fsp3) is 0.215. The molecule has 79 heavy (non-hydrogen) atoms. The highest BCUT2D eigenvalue weighted by Gasteiger charge is 2.22. The second kappa shape index (κ2) is 26.5. The summed E-state index contributed by atoms with van der Waals surface area (Å²) < 4.78 is 3.83. The third-order valence-corrected chi connectivity index (χ3v) is 15.4. The molecule has 8 aromatic rings. The highest BCUT2D eigenvalue weighted by molar-refractivity contribution is 9.11. The number of nitrogen functional groups attached to an aromatic ring is 2. The standard InChI is InChI=1S/C65H66Br2N10O2/c1-42-35-57(75-58-37-51(66)53(68)39-59(58)74-49-18-10-8-11-19-49)44(3)34-55(42)70-30-14-4-6-16-32-72-64(78)47-26-22-45(23-27-47)46-24-28-48(29-25-46)65(79)73-33-17-7-5-15-31-71-56-41-63-60(36-43(56)2)76-61-38-52(67)54(69)40-62(61)77(63)50-20-12-9-13-21-50/h8-13,18-29,34-41,70,74H,3-7,14-17,30-33,68H2,1-2H3,(H4,69,71,72,73,78,79)/p+1/b75-57-. The Morgan fingerprint density at radius 1 is 0.582 bits per heavy atom. The van der Waals surface area contributed by atoms with Crippen LogP contribution in [-0.2, 0) is 0 Å². The number of aromatic nitrogens is 2. The molecule has 12 nitrogen and oxygen atoms in total. The molecule has 0 aliphatic heterocycles. The zero-order chi connectivity index (χ0) is 55.3. The number of amides is 2. The second-order valence-electron chi connectivity index (χ2n) is 19.9. The molecule has 9 rings (SSSR count). The van der Waals surface area contributed by atoms with Gasteiger partial charge >= 0.3 is 0 Å². The lowest BCUT2D eigenvalue weighted by Gasteiger charge is -2.19. The van der Waals surface area contributed by atoms with Crippen LogP contribution in [0.5, 0.6) is 0 Å². The Morgan fingerprint density at radius 2 is 1.11 bits per heavy atom. The smallest absolute Gasteiger partial charge is 0.251 e. The lowest BCUT2D eigenvalue weighted by Crippen LogP contribution is -2.33. The number of rotatable bonds is 23. The lowest BCUT2D eigenvalue weighted by molar-refractivity contribution is -0.538. The van der Waals surface area contributed by atoms with Gasteiger partial charge in [-0.1, -0.05) is 92.9 Å². The molecule has 0 bridgehead atoms. The number of nitrogens with two attached hydrogens (primary N) is 2. The predicted octanol–water partition coefficient (Wildman–Crippen LogP) is 14.5. The minimum absolute atomic E-state index is 0.0808. The van der Waals surface area contributed by atoms with Gasteiger partial charge in [-0.3, -0.25) is 9.59 Å². The van der Waals surface area contributed by atoms with Crippen molar-refractivity contribution in [1.29, 1.82) is 0 Å². The van der Waals surface area contributed by atoms with Crippen molar-refractivity contribution in [3.63, 3.8) is 0 Å². The molecule has 0 radical (unpaired) electrons. The second-order valence-corrected chi connectivity index (χ2v) is 21.6. The van der Waals surface area contributed by atoms with E-state index in [1.54, 1.807) is 0 Å². The summed E-state index contributed by atoms with van der Waals surface area (Å²) in [5.74, 6) is -0.164. The van der Waals surface area contributed by atoms with Crippen molar-refractivity contribution in [2.75, 3.05) is 48.3 Å². The van der Waals surface area contributed by atoms with Crippen LogP contribution < -0.4 is 42.6 Å². The van der Waals surface area contributed by atoms with Gasteiger partial charge in [-0.05, 0) is 172 Å². The SMILES string of the molecule is C=C1C=C(NCCCCCCNC(=O)c2ccc(-c3ccc(C(=O)NCCCCCCNc4cc5c(cc4C)nc4cc(Br)c(N)cc4[n+]5-c4ccccc4)cc3)cc2)C(C)=C/C1=N/c1cc(Br)c(N)cc1Nc1ccccc1. The number of allylic oxidation sites excluding steroid dienone is 4. The molecule has 1 aromatic heterocycles. The van der Waals surface area contributed by atoms with E-state index in [1.165, 1.54) is 0 Å². The van der Waals surface area contributed by atoms with Crippen LogP contribution in [0.1, 0.15) is 84.6 Å². The first-order valence-corrected chi connectivity index (χ1v) is 28.6. The number of fused-ring (bicyclic) bond motifs is 2. The average Bonchev–Trinajstić information content (AvgIpc) is 3.46. The zero-order valence-corrected chi connectivity index (χ0v) is 47.9. The molecule has 0 atom stereocenters. The number of halogens is 2. The van der Waals surface area contributed by atoms with Crippen LogP contribution in [0, 0.1) is 6.92 Å². The quantitative estimate of drug-likeness (QED) is 0.0143. The van der Waals surface area contributed by atoms with Crippen molar-refractivity contribution < 1.29 is 14.2 Å². The number of hydrogen-bond donors (Lipinski definition) is 7. The highest BCUT2D eigenvalue weighted by Crippen LogP contribution is 2.37. The van der Waals surface area contributed by atoms with Crippen LogP contribution in [0.4, 0.5) is 34.1 Å². The van der Waals surface area contributed by atoms with Gasteiger partial charge in [-0.25, -0.2) is 9.98 Å². The third-order valence-electron chi connectivity index (χ3n) is 14.0. The molecule has 0 spiro atoms. The summed E-state index contributed by atoms with van der Waals surface area (Å²) in [6, 6.07) is 47.6. The lowest BCUT2D eigenvalue weighted by atomic mass is 9.99. The first kappa shape index (κ1) is 55.7. The van der Waals surface area contributed by atoms with Crippen molar-refractivity contribution in [3.8, 4) is 16.8 Å². The summed E-state index contributed by atoms with van der Waals surface area (Å²) in [6.45, 7) is 11.4. The number of anilines is 5. The zero-order valence-electron chi connectivity index (χ0n) is 44.8. The van der Waals surface area contributed by atoms with Gasteiger partial charge in [0.2, 0.25) is 16.7 Å². The molecule has 1 aliphatic carbocycles. The number of aliphatic imine (C=N–C) groups is 1. The van der Waals surface area contributed by atoms with Gasteiger partial charge in [0.05, 0.1) is 22.8 Å². The summed E-state index contributed by atoms with van der Waals surface area (Å²) in [5.41, 5.74) is 30.3. The number of hydrogen-bond acceptors (Lipinski definition) is 9. The Morgan fingerprint density at radius 3 is 1.73 bits per heavy atom. The topological polar surface area (TPSA) is 175 Å². The molecule has 1 aliphatic rings. The van der Waals surface area contributed by atoms with Crippen LogP contribution >= 0.6 is 31.9 Å². The number of carbonyl (C=O) groups is 2. The molecule has 0 saturated carbocycles. The maximum Gasteiger partial charge on any atom is 0.251 e. The Kier molecular flexibility index (Phi) is 18.7. The predicted molar refractivity (Wildman–Crippen MR) is 334 cm³/mol. The third kappa shape index (κ3) is 14.4. The van der Waals surface area contributed by atoms with Gasteiger partial charge in [0.25, 0.3) is 11.8 Å². The maximum absolute atomic E-state index is 13.0. The number of aryl methyl sites for hydroxylation is 1. The number of para-hydroxylation sites is 2. The van der Waals surface area contributed by atoms with Gasteiger partial charge in [0, 0.05) is 93.3 Å². The van der Waals surface area contributed by atoms with Gasteiger partial charge < -0.3 is 38.1 Å². The first-order chi connectivity index (χ1) is 38.4. The summed E-state index contributed by atoms with van der Waals surface area (Å²) >= 11 is 7.14. The van der Waals surface area contributed by atoms with E-state index in [4.69, 9.17) is 21.4 Å². The molecule has 14 heteroatoms. The fourth-order valence-electron chi connectivity index (χ4n) is 9.59. The molecule has 2 amide bonds. The summed E-state index contributed by atoms with van der Waals surface area (Å²) in [4.78, 5) is 36.0. The normalized spacial score (nSPS) is 12.8. The van der Waals surface area contributed by atoms with Crippen LogP contribution in [0.15, 0.2) is 195 Å². The average molecular weight is 1180 g/mol. The minimum Gasteiger partial charge on any atom is -0.398 e. The van der Waals surface area contributed by atoms with E-state index in [1.807, 2.05) is 121 Å². The highest BCUT2D eigenvalue weighted by atomic mass is 79.9. The summed E-state index contributed by atoms with van der Waals surface area (Å²) in [5, 5.41) is 16.8. The number of nitrogens with one attached hydrogen (secondary N) is 5. The molecule has 402 valence electrons. The largest absolute Gasteiger partial charge is 0.398 e. The van der Waals surface area contributed by atoms with E-state index in [9.17, 15) is 9.59 Å². The van der Waals surface area contributed by atoms with Crippen molar-refractivity contribution in [1.82, 2.24) is 20.9 Å². The van der Waals surface area contributed by atoms with Crippen LogP contribution in [0.25, 0.3) is 38.9 Å². The van der Waals surface area contributed by atoms with Gasteiger partial charge in [0.1, 0.15) is 11.0 Å². The van der Waals surface area contributed by atoms with E-state index in [2.05, 4.69) is 120 Å². The number of unbranched alkanes of at least 4 members (excludes halogenated alkanes) is 6. The van der Waals surface area contributed by atoms with Gasteiger partial charge in [0.15, 0.2) is 0 Å². The number of carbonyl (C=O) groups excluding carboxylic acids is 2. The fourth-order valence-corrected chi connectivity index (χ4v) is 10.3. The minimum atomic E-state index is -0.0832. The van der Waals surface area contributed by atoms with Crippen LogP contribution in [-0.4, -0.2) is 48.7 Å². The first-order valence-electron chi connectivity index (χ1n) is 27.0. The summed E-state index contributed by atoms with van der Waals surface area (Å²) in [6.07, 6.45) is 12.1. The molecule has 0 saturated heterocycles. The van der Waals surface area contributed by atoms with Gasteiger partial charge in [-0.15, -0.1) is 4.57 Å². The molecular formula is C65H67Br2N10O2+. The van der Waals surface area contributed by atoms with E-state index in [0.29, 0.717) is 35.6 Å². The molecule has 7 aromatic carbocycles. The van der Waals surface area contributed by atoms with E-state index >= 15 is 0 Å². The monoisotopic (exact) mass is 1180 g/mol. The number of benzene rings is 7. The molecular weight excluding hydrogens is 1110 g/mol. The van der Waals surface area contributed by atoms with Crippen molar-refractivity contribution in [2.24, 2.45) is 4.99 Å². The van der Waals surface area contributed by atoms with Crippen molar-refractivity contribution in [2.45, 2.75) is 65.2 Å². The maximum atomic E-state index is 13.0. The molecule has 9 N–H and O–H groups in total. The van der Waals surface area contributed by atoms with Gasteiger partial charge in [-0.2, -0.15) is 0 Å². The van der Waals surface area contributed by atoms with E-state index in [-0.39, 0.29) is 11.8 Å². The van der Waals surface area contributed by atoms with Crippen molar-refractivity contribution in [3.05, 3.63) is 207 Å². The van der Waals surface area contributed by atoms with Crippen LogP contribution in [0.3, 0.4) is 0 Å². The van der Waals surface area contributed by atoms with Crippen molar-refractivity contribution >= 4 is 106 Å². The Hall–Kier alpha value is -8.07. The Balaban J connectivity index is 0.645. The Labute approximate surface area is 479 Å². The van der Waals surface area contributed by atoms with E-state index in [0.717, 1.165) is 163 Å². The number of nitrogens with zero attached hydrogens (tertiary/aromatic N) is 3. The molecule has 0 unspecified atom stereocenters. The summed E-state index contributed by atoms with van der Waals surface area (Å²) in [7, 11) is 0. The van der Waals surface area contributed by atoms with Crippen LogP contribution in [0.2, 0.25) is 0 Å².